The molecule has 92 valence electrons. The van der Waals surface area contributed by atoms with Gasteiger partial charge in [-0.2, -0.15) is 0 Å². The third-order valence-electron chi connectivity index (χ3n) is 3.99. The van der Waals surface area contributed by atoms with E-state index in [1.807, 2.05) is 12.1 Å². The summed E-state index contributed by atoms with van der Waals surface area (Å²) in [5, 5.41) is 0. The van der Waals surface area contributed by atoms with Crippen LogP contribution in [0.25, 0.3) is 0 Å². The zero-order valence-electron chi connectivity index (χ0n) is 9.91. The molecule has 0 amide bonds. The molecule has 0 aromatic heterocycles. The van der Waals surface area contributed by atoms with Crippen molar-refractivity contribution in [1.82, 2.24) is 0 Å². The molecule has 1 aromatic carbocycles. The lowest BCUT2D eigenvalue weighted by atomic mass is 10.1. The molecule has 0 N–H and O–H groups in total. The number of benzene rings is 1. The van der Waals surface area contributed by atoms with E-state index in [9.17, 15) is 4.55 Å². The Morgan fingerprint density at radius 3 is 2.65 bits per heavy atom. The molecule has 1 aliphatic heterocycles. The normalized spacial score (nSPS) is 23.1. The van der Waals surface area contributed by atoms with Crippen molar-refractivity contribution in [2.24, 2.45) is 5.41 Å². The molecule has 1 heterocycles. The molecule has 0 bridgehead atoms. The maximum absolute atomic E-state index is 11.4. The maximum atomic E-state index is 11.4. The van der Waals surface area contributed by atoms with E-state index >= 15 is 0 Å². The Balaban J connectivity index is 1.83. The Morgan fingerprint density at radius 1 is 1.35 bits per heavy atom. The van der Waals surface area contributed by atoms with Gasteiger partial charge in [0.2, 0.25) is 0 Å². The molecule has 4 heteroatoms. The zero-order valence-corrected chi connectivity index (χ0v) is 12.3. The van der Waals surface area contributed by atoms with E-state index in [1.54, 1.807) is 6.26 Å². The van der Waals surface area contributed by atoms with Crippen LogP contribution in [0.2, 0.25) is 0 Å². The monoisotopic (exact) mass is 313 g/mol. The predicted octanol–water partition coefficient (Wildman–Crippen LogP) is 3.18. The van der Waals surface area contributed by atoms with E-state index in [0.29, 0.717) is 5.41 Å². The first-order valence-corrected chi connectivity index (χ1v) is 8.33. The molecule has 1 saturated heterocycles. The topological polar surface area (TPSA) is 26.3 Å². The molecule has 1 unspecified atom stereocenters. The number of rotatable bonds is 2. The molecule has 2 fully saturated rings. The van der Waals surface area contributed by atoms with Crippen LogP contribution in [0.4, 0.5) is 5.69 Å². The van der Waals surface area contributed by atoms with Gasteiger partial charge in [-0.1, -0.05) is 0 Å². The van der Waals surface area contributed by atoms with Crippen molar-refractivity contribution in [3.05, 3.63) is 22.7 Å². The lowest BCUT2D eigenvalue weighted by Gasteiger charge is -2.20. The SMILES string of the molecule is C[S+]([O-])c1ccc(N2CCC3(CC3)C2)c(Br)c1. The highest BCUT2D eigenvalue weighted by atomic mass is 79.9. The van der Waals surface area contributed by atoms with Crippen molar-refractivity contribution < 1.29 is 4.55 Å². The first-order chi connectivity index (χ1) is 8.10. The molecule has 0 radical (unpaired) electrons. The first kappa shape index (κ1) is 11.9. The van der Waals surface area contributed by atoms with Crippen LogP contribution < -0.4 is 4.90 Å². The zero-order chi connectivity index (χ0) is 12.0. The van der Waals surface area contributed by atoms with Crippen molar-refractivity contribution >= 4 is 32.8 Å². The Labute approximate surface area is 114 Å². The molecule has 17 heavy (non-hydrogen) atoms. The van der Waals surface area contributed by atoms with Crippen LogP contribution in [0.5, 0.6) is 0 Å². The van der Waals surface area contributed by atoms with Crippen molar-refractivity contribution in [3.63, 3.8) is 0 Å². The van der Waals surface area contributed by atoms with Gasteiger partial charge in [0.25, 0.3) is 0 Å². The quantitative estimate of drug-likeness (QED) is 0.784. The predicted molar refractivity (Wildman–Crippen MR) is 75.0 cm³/mol. The standard InChI is InChI=1S/C13H16BrNOS/c1-17(16)10-2-3-12(11(14)8-10)15-7-6-13(9-15)4-5-13/h2-3,8H,4-7,9H2,1H3. The van der Waals surface area contributed by atoms with Crippen LogP contribution in [0.3, 0.4) is 0 Å². The fourth-order valence-corrected chi connectivity index (χ4v) is 3.97. The third kappa shape index (κ3) is 2.23. The lowest BCUT2D eigenvalue weighted by Crippen LogP contribution is -2.20. The van der Waals surface area contributed by atoms with Gasteiger partial charge in [-0.15, -0.1) is 0 Å². The number of hydrogen-bond donors (Lipinski definition) is 0. The average molecular weight is 314 g/mol. The van der Waals surface area contributed by atoms with E-state index in [4.69, 9.17) is 0 Å². The van der Waals surface area contributed by atoms with Gasteiger partial charge in [-0.05, 0) is 63.9 Å². The van der Waals surface area contributed by atoms with Crippen molar-refractivity contribution in [2.75, 3.05) is 24.2 Å². The highest BCUT2D eigenvalue weighted by Crippen LogP contribution is 2.53. The van der Waals surface area contributed by atoms with Crippen molar-refractivity contribution in [2.45, 2.75) is 24.2 Å². The minimum absolute atomic E-state index is 0.645. The highest BCUT2D eigenvalue weighted by Gasteiger charge is 2.47. The summed E-state index contributed by atoms with van der Waals surface area (Å²) < 4.78 is 12.5. The highest BCUT2D eigenvalue weighted by molar-refractivity contribution is 9.10. The van der Waals surface area contributed by atoms with Gasteiger partial charge in [-0.3, -0.25) is 0 Å². The summed E-state index contributed by atoms with van der Waals surface area (Å²) in [7, 11) is 0. The molecule has 1 saturated carbocycles. The summed E-state index contributed by atoms with van der Waals surface area (Å²) in [6.07, 6.45) is 5.85. The van der Waals surface area contributed by atoms with Gasteiger partial charge >= 0.3 is 0 Å². The molecular weight excluding hydrogens is 298 g/mol. The van der Waals surface area contributed by atoms with Gasteiger partial charge in [0, 0.05) is 23.6 Å². The molecular formula is C13H16BrNOS. The number of halogens is 1. The summed E-state index contributed by atoms with van der Waals surface area (Å²) in [6.45, 7) is 2.35. The Kier molecular flexibility index (Phi) is 2.92. The van der Waals surface area contributed by atoms with Crippen LogP contribution in [-0.4, -0.2) is 23.9 Å². The third-order valence-corrected chi connectivity index (χ3v) is 5.54. The molecule has 3 rings (SSSR count). The molecule has 1 atom stereocenters. The second-order valence-corrected chi connectivity index (χ2v) is 7.47. The Morgan fingerprint density at radius 2 is 2.12 bits per heavy atom. The first-order valence-electron chi connectivity index (χ1n) is 5.98. The molecule has 1 aromatic rings. The summed E-state index contributed by atoms with van der Waals surface area (Å²) in [5.41, 5.74) is 1.90. The summed E-state index contributed by atoms with van der Waals surface area (Å²) in [4.78, 5) is 3.35. The summed E-state index contributed by atoms with van der Waals surface area (Å²) in [5.74, 6) is 0. The van der Waals surface area contributed by atoms with Gasteiger partial charge in [0.1, 0.15) is 6.26 Å². The molecule has 2 nitrogen and oxygen atoms in total. The van der Waals surface area contributed by atoms with E-state index in [1.165, 1.54) is 31.5 Å². The molecule has 2 aliphatic rings. The van der Waals surface area contributed by atoms with Crippen LogP contribution in [0, 0.1) is 5.41 Å². The largest absolute Gasteiger partial charge is 0.612 e. The van der Waals surface area contributed by atoms with Crippen LogP contribution in [-0.2, 0) is 11.2 Å². The van der Waals surface area contributed by atoms with Gasteiger partial charge in [0.05, 0.1) is 5.69 Å². The van der Waals surface area contributed by atoms with E-state index in [-0.39, 0.29) is 0 Å². The van der Waals surface area contributed by atoms with Gasteiger partial charge < -0.3 is 9.45 Å². The van der Waals surface area contributed by atoms with E-state index in [2.05, 4.69) is 26.9 Å². The number of nitrogens with zero attached hydrogens (tertiary/aromatic N) is 1. The summed E-state index contributed by atoms with van der Waals surface area (Å²) in [6, 6.07) is 6.07. The maximum Gasteiger partial charge on any atom is 0.153 e. The average Bonchev–Trinajstić information content (AvgIpc) is 2.90. The number of hydrogen-bond acceptors (Lipinski definition) is 2. The smallest absolute Gasteiger partial charge is 0.153 e. The van der Waals surface area contributed by atoms with Crippen LogP contribution >= 0.6 is 15.9 Å². The minimum atomic E-state index is -0.900. The Bertz CT molecular complexity index is 445. The second kappa shape index (κ2) is 4.18. The van der Waals surface area contributed by atoms with Gasteiger partial charge in [0.15, 0.2) is 4.90 Å². The number of anilines is 1. The van der Waals surface area contributed by atoms with E-state index in [0.717, 1.165) is 15.9 Å². The fourth-order valence-electron chi connectivity index (χ4n) is 2.65. The lowest BCUT2D eigenvalue weighted by molar-refractivity contribution is 0.581. The van der Waals surface area contributed by atoms with Crippen LogP contribution in [0.15, 0.2) is 27.6 Å². The Hall–Kier alpha value is -0.190. The second-order valence-electron chi connectivity index (χ2n) is 5.24. The molecule has 1 aliphatic carbocycles. The van der Waals surface area contributed by atoms with Crippen LogP contribution in [0.1, 0.15) is 19.3 Å². The van der Waals surface area contributed by atoms with Crippen molar-refractivity contribution in [3.8, 4) is 0 Å². The fraction of sp³-hybridized carbons (Fsp3) is 0.538. The molecule has 1 spiro atoms. The minimum Gasteiger partial charge on any atom is -0.612 e. The van der Waals surface area contributed by atoms with Gasteiger partial charge in [-0.25, -0.2) is 0 Å². The van der Waals surface area contributed by atoms with E-state index < -0.39 is 11.2 Å². The summed E-state index contributed by atoms with van der Waals surface area (Å²) >= 11 is 2.71. The van der Waals surface area contributed by atoms with Crippen molar-refractivity contribution in [1.29, 1.82) is 0 Å².